The average Bonchev–Trinajstić information content (AvgIpc) is 2.68. The number of carbonyl (C=O) groups is 1. The Bertz CT molecular complexity index is 820. The first kappa shape index (κ1) is 17.5. The van der Waals surface area contributed by atoms with Gasteiger partial charge in [-0.25, -0.2) is 0 Å². The van der Waals surface area contributed by atoms with Gasteiger partial charge in [0.15, 0.2) is 0 Å². The molecule has 26 heavy (non-hydrogen) atoms. The molecule has 3 heteroatoms. The van der Waals surface area contributed by atoms with Crippen molar-refractivity contribution >= 4 is 11.6 Å². The lowest BCUT2D eigenvalue weighted by atomic mass is 9.90. The highest BCUT2D eigenvalue weighted by Gasteiger charge is 2.22. The Kier molecular flexibility index (Phi) is 5.84. The molecule has 0 aromatic heterocycles. The second-order valence-electron chi connectivity index (χ2n) is 5.87. The first-order valence-electron chi connectivity index (χ1n) is 8.52. The molecule has 0 saturated carbocycles. The molecule has 3 nitrogen and oxygen atoms in total. The molecule has 0 aliphatic rings. The molecule has 1 amide bonds. The summed E-state index contributed by atoms with van der Waals surface area (Å²) >= 11 is 0. The lowest BCUT2D eigenvalue weighted by Gasteiger charge is -2.18. The number of carbonyl (C=O) groups excluding carboxylic acids is 1. The van der Waals surface area contributed by atoms with Gasteiger partial charge < -0.3 is 10.1 Å². The first-order chi connectivity index (χ1) is 12.8. The summed E-state index contributed by atoms with van der Waals surface area (Å²) < 4.78 is 5.54. The van der Waals surface area contributed by atoms with Gasteiger partial charge in [0.2, 0.25) is 5.91 Å². The maximum atomic E-state index is 13.1. The summed E-state index contributed by atoms with van der Waals surface area (Å²) in [6.45, 7) is 4.07. The van der Waals surface area contributed by atoms with E-state index in [-0.39, 0.29) is 11.8 Å². The fraction of sp³-hybridized carbons (Fsp3) is 0.0870. The Morgan fingerprint density at radius 1 is 0.923 bits per heavy atom. The predicted molar refractivity (Wildman–Crippen MR) is 105 cm³/mol. The number of hydrogen-bond donors (Lipinski definition) is 1. The normalized spacial score (nSPS) is 10.3. The van der Waals surface area contributed by atoms with E-state index in [9.17, 15) is 4.79 Å². The van der Waals surface area contributed by atoms with Crippen LogP contribution >= 0.6 is 0 Å². The maximum absolute atomic E-state index is 13.1. The quantitative estimate of drug-likeness (QED) is 0.612. The van der Waals surface area contributed by atoms with Gasteiger partial charge in [-0.1, -0.05) is 79.4 Å². The molecule has 0 unspecified atom stereocenters. The minimum Gasteiger partial charge on any atom is -0.489 e. The van der Waals surface area contributed by atoms with Crippen LogP contribution in [0.5, 0.6) is 5.75 Å². The second kappa shape index (κ2) is 8.67. The lowest BCUT2D eigenvalue weighted by Crippen LogP contribution is -2.22. The van der Waals surface area contributed by atoms with Crippen molar-refractivity contribution in [3.05, 3.63) is 109 Å². The average molecular weight is 343 g/mol. The van der Waals surface area contributed by atoms with E-state index in [2.05, 4.69) is 11.9 Å². The molecular formula is C23H21NO2. The zero-order valence-corrected chi connectivity index (χ0v) is 14.5. The van der Waals surface area contributed by atoms with E-state index in [4.69, 9.17) is 4.74 Å². The minimum atomic E-state index is -0.379. The summed E-state index contributed by atoms with van der Waals surface area (Å²) in [5.74, 6) is 0.233. The van der Waals surface area contributed by atoms with Crippen LogP contribution in [0, 0.1) is 0 Å². The number of benzene rings is 3. The topological polar surface area (TPSA) is 38.3 Å². The third kappa shape index (κ3) is 4.39. The molecule has 0 spiro atoms. The van der Waals surface area contributed by atoms with Crippen molar-refractivity contribution in [2.75, 3.05) is 11.9 Å². The Hall–Kier alpha value is -3.33. The van der Waals surface area contributed by atoms with Crippen molar-refractivity contribution < 1.29 is 9.53 Å². The van der Waals surface area contributed by atoms with Crippen molar-refractivity contribution in [3.63, 3.8) is 0 Å². The fourth-order valence-electron chi connectivity index (χ4n) is 2.82. The molecule has 3 aromatic carbocycles. The summed E-state index contributed by atoms with van der Waals surface area (Å²) in [5, 5.41) is 3.01. The van der Waals surface area contributed by atoms with Crippen molar-refractivity contribution in [2.24, 2.45) is 0 Å². The first-order valence-corrected chi connectivity index (χ1v) is 8.52. The highest BCUT2D eigenvalue weighted by atomic mass is 16.5. The van der Waals surface area contributed by atoms with Crippen molar-refractivity contribution in [3.8, 4) is 5.75 Å². The van der Waals surface area contributed by atoms with E-state index in [1.807, 2.05) is 84.9 Å². The number of nitrogens with one attached hydrogen (secondary N) is 1. The van der Waals surface area contributed by atoms with E-state index in [1.54, 1.807) is 6.08 Å². The Morgan fingerprint density at radius 3 is 2.12 bits per heavy atom. The molecular weight excluding hydrogens is 322 g/mol. The van der Waals surface area contributed by atoms with E-state index >= 15 is 0 Å². The van der Waals surface area contributed by atoms with Crippen LogP contribution in [-0.2, 0) is 4.79 Å². The molecule has 3 aromatic rings. The summed E-state index contributed by atoms with van der Waals surface area (Å²) in [7, 11) is 0. The van der Waals surface area contributed by atoms with Gasteiger partial charge in [0.25, 0.3) is 0 Å². The molecule has 0 heterocycles. The van der Waals surface area contributed by atoms with Crippen LogP contribution in [0.25, 0.3) is 0 Å². The third-order valence-electron chi connectivity index (χ3n) is 4.00. The molecule has 0 bridgehead atoms. The number of anilines is 1. The minimum absolute atomic E-state index is 0.0803. The van der Waals surface area contributed by atoms with Gasteiger partial charge in [-0.15, -0.1) is 0 Å². The highest BCUT2D eigenvalue weighted by Crippen LogP contribution is 2.27. The monoisotopic (exact) mass is 343 g/mol. The third-order valence-corrected chi connectivity index (χ3v) is 4.00. The van der Waals surface area contributed by atoms with E-state index in [0.29, 0.717) is 18.0 Å². The Morgan fingerprint density at radius 2 is 1.54 bits per heavy atom. The Balaban J connectivity index is 1.86. The molecule has 0 fully saturated rings. The number of ether oxygens (including phenoxy) is 1. The van der Waals surface area contributed by atoms with Crippen LogP contribution in [0.2, 0.25) is 0 Å². The lowest BCUT2D eigenvalue weighted by molar-refractivity contribution is -0.116. The van der Waals surface area contributed by atoms with Gasteiger partial charge >= 0.3 is 0 Å². The molecule has 1 N–H and O–H groups in total. The van der Waals surface area contributed by atoms with Crippen molar-refractivity contribution in [1.29, 1.82) is 0 Å². The van der Waals surface area contributed by atoms with Crippen LogP contribution in [0.4, 0.5) is 5.69 Å². The van der Waals surface area contributed by atoms with Crippen LogP contribution in [0.1, 0.15) is 17.0 Å². The van der Waals surface area contributed by atoms with E-state index in [0.717, 1.165) is 11.1 Å². The van der Waals surface area contributed by atoms with Crippen molar-refractivity contribution in [1.82, 2.24) is 0 Å². The van der Waals surface area contributed by atoms with Crippen LogP contribution in [0.3, 0.4) is 0 Å². The van der Waals surface area contributed by atoms with Crippen LogP contribution < -0.4 is 10.1 Å². The van der Waals surface area contributed by atoms with Gasteiger partial charge in [-0.2, -0.15) is 0 Å². The number of amides is 1. The predicted octanol–water partition coefficient (Wildman–Crippen LogP) is 5.02. The van der Waals surface area contributed by atoms with Crippen molar-refractivity contribution in [2.45, 2.75) is 5.92 Å². The second-order valence-corrected chi connectivity index (χ2v) is 5.87. The highest BCUT2D eigenvalue weighted by molar-refractivity contribution is 5.98. The maximum Gasteiger partial charge on any atom is 0.236 e. The summed E-state index contributed by atoms with van der Waals surface area (Å²) in [6.07, 6.45) is 1.69. The summed E-state index contributed by atoms with van der Waals surface area (Å²) in [6, 6.07) is 27.0. The zero-order valence-electron chi connectivity index (χ0n) is 14.5. The molecule has 0 atom stereocenters. The standard InChI is InChI=1S/C23H21NO2/c1-2-16-26-21-15-9-14-20(17-21)24-23(25)22(18-10-5-3-6-11-18)19-12-7-4-8-13-19/h2-15,17,22H,1,16H2,(H,24,25). The van der Waals surface area contributed by atoms with E-state index in [1.165, 1.54) is 0 Å². The smallest absolute Gasteiger partial charge is 0.236 e. The van der Waals surface area contributed by atoms with Crippen LogP contribution in [0.15, 0.2) is 97.6 Å². The van der Waals surface area contributed by atoms with Gasteiger partial charge in [-0.05, 0) is 23.3 Å². The van der Waals surface area contributed by atoms with Gasteiger partial charge in [-0.3, -0.25) is 4.79 Å². The Labute approximate surface area is 154 Å². The summed E-state index contributed by atoms with van der Waals surface area (Å²) in [5.41, 5.74) is 2.61. The molecule has 0 aliphatic carbocycles. The summed E-state index contributed by atoms with van der Waals surface area (Å²) in [4.78, 5) is 13.1. The molecule has 0 radical (unpaired) electrons. The number of rotatable bonds is 7. The molecule has 0 aliphatic heterocycles. The van der Waals surface area contributed by atoms with Crippen LogP contribution in [-0.4, -0.2) is 12.5 Å². The SMILES string of the molecule is C=CCOc1cccc(NC(=O)C(c2ccccc2)c2ccccc2)c1. The largest absolute Gasteiger partial charge is 0.489 e. The van der Waals surface area contributed by atoms with Gasteiger partial charge in [0.05, 0.1) is 5.92 Å². The van der Waals surface area contributed by atoms with Gasteiger partial charge in [0, 0.05) is 11.8 Å². The number of hydrogen-bond acceptors (Lipinski definition) is 2. The van der Waals surface area contributed by atoms with Gasteiger partial charge in [0.1, 0.15) is 12.4 Å². The molecule has 3 rings (SSSR count). The zero-order chi connectivity index (χ0) is 18.2. The van der Waals surface area contributed by atoms with E-state index < -0.39 is 0 Å². The molecule has 130 valence electrons. The fourth-order valence-corrected chi connectivity index (χ4v) is 2.82. The molecule has 0 saturated heterocycles.